The van der Waals surface area contributed by atoms with Crippen LogP contribution >= 0.6 is 0 Å². The van der Waals surface area contributed by atoms with Crippen LogP contribution in [0.4, 0.5) is 0 Å². The number of benzene rings is 1. The molecule has 0 atom stereocenters. The molecule has 0 aliphatic rings. The summed E-state index contributed by atoms with van der Waals surface area (Å²) in [6.45, 7) is 0.885. The minimum Gasteiger partial charge on any atom is -0.396 e. The van der Waals surface area contributed by atoms with Gasteiger partial charge in [0.25, 0.3) is 5.91 Å². The van der Waals surface area contributed by atoms with E-state index in [4.69, 9.17) is 5.11 Å². The van der Waals surface area contributed by atoms with E-state index in [9.17, 15) is 4.79 Å². The molecule has 0 unspecified atom stereocenters. The molecule has 5 heteroatoms. The van der Waals surface area contributed by atoms with E-state index < -0.39 is 0 Å². The molecule has 2 aromatic rings. The van der Waals surface area contributed by atoms with E-state index in [1.165, 1.54) is 0 Å². The molecular formula is C16H21N3O2. The van der Waals surface area contributed by atoms with Crippen molar-refractivity contribution in [1.29, 1.82) is 0 Å². The van der Waals surface area contributed by atoms with Crippen LogP contribution in [0.2, 0.25) is 0 Å². The second kappa shape index (κ2) is 7.59. The molecule has 0 bridgehead atoms. The lowest BCUT2D eigenvalue weighted by Gasteiger charge is -2.17. The van der Waals surface area contributed by atoms with Crippen molar-refractivity contribution in [3.8, 4) is 11.3 Å². The van der Waals surface area contributed by atoms with Crippen LogP contribution in [0.1, 0.15) is 29.6 Å². The van der Waals surface area contributed by atoms with E-state index >= 15 is 0 Å². The zero-order chi connectivity index (χ0) is 15.1. The largest absolute Gasteiger partial charge is 0.396 e. The Kier molecular flexibility index (Phi) is 5.51. The van der Waals surface area contributed by atoms with Crippen LogP contribution in [0.3, 0.4) is 0 Å². The van der Waals surface area contributed by atoms with Crippen molar-refractivity contribution in [2.24, 2.45) is 0 Å². The Labute approximate surface area is 124 Å². The summed E-state index contributed by atoms with van der Waals surface area (Å²) in [5.74, 6) is -0.0356. The Morgan fingerprint density at radius 1 is 1.24 bits per heavy atom. The third kappa shape index (κ3) is 3.92. The minimum atomic E-state index is -0.0356. The maximum Gasteiger partial charge on any atom is 0.257 e. The van der Waals surface area contributed by atoms with Gasteiger partial charge in [-0.05, 0) is 19.3 Å². The third-order valence-corrected chi connectivity index (χ3v) is 3.43. The highest BCUT2D eigenvalue weighted by molar-refractivity contribution is 5.99. The molecule has 1 heterocycles. The number of carbonyl (C=O) groups is 1. The first-order chi connectivity index (χ1) is 10.2. The number of carbonyl (C=O) groups excluding carboxylic acids is 1. The van der Waals surface area contributed by atoms with Gasteiger partial charge in [-0.2, -0.15) is 5.10 Å². The Bertz CT molecular complexity index is 566. The Hall–Kier alpha value is -2.14. The van der Waals surface area contributed by atoms with E-state index in [0.717, 1.165) is 30.5 Å². The summed E-state index contributed by atoms with van der Waals surface area (Å²) in [6.07, 6.45) is 4.17. The molecule has 0 radical (unpaired) electrons. The molecule has 0 saturated carbocycles. The molecule has 0 aliphatic carbocycles. The molecule has 2 rings (SSSR count). The van der Waals surface area contributed by atoms with Crippen molar-refractivity contribution in [2.45, 2.75) is 19.3 Å². The molecule has 1 aromatic carbocycles. The van der Waals surface area contributed by atoms with Crippen LogP contribution in [0.25, 0.3) is 11.3 Å². The van der Waals surface area contributed by atoms with Crippen molar-refractivity contribution in [3.05, 3.63) is 42.1 Å². The average molecular weight is 287 g/mol. The molecule has 1 amide bonds. The van der Waals surface area contributed by atoms with E-state index in [0.29, 0.717) is 12.1 Å². The summed E-state index contributed by atoms with van der Waals surface area (Å²) in [5.41, 5.74) is 2.29. The monoisotopic (exact) mass is 287 g/mol. The lowest BCUT2D eigenvalue weighted by atomic mass is 10.1. The van der Waals surface area contributed by atoms with Crippen LogP contribution in [0.5, 0.6) is 0 Å². The number of hydrogen-bond acceptors (Lipinski definition) is 3. The van der Waals surface area contributed by atoms with Gasteiger partial charge in [0.05, 0.1) is 17.5 Å². The number of nitrogens with zero attached hydrogens (tertiary/aromatic N) is 2. The van der Waals surface area contributed by atoms with Gasteiger partial charge >= 0.3 is 0 Å². The predicted octanol–water partition coefficient (Wildman–Crippen LogP) is 2.31. The second-order valence-corrected chi connectivity index (χ2v) is 5.04. The molecule has 112 valence electrons. The van der Waals surface area contributed by atoms with Gasteiger partial charge in [-0.25, -0.2) is 0 Å². The van der Waals surface area contributed by atoms with Gasteiger partial charge in [0.15, 0.2) is 0 Å². The Morgan fingerprint density at radius 2 is 2.00 bits per heavy atom. The number of aliphatic hydroxyl groups excluding tert-OH is 1. The summed E-state index contributed by atoms with van der Waals surface area (Å²) < 4.78 is 0. The first-order valence-electron chi connectivity index (χ1n) is 7.19. The number of unbranched alkanes of at least 4 members (excludes halogenated alkanes) is 2. The highest BCUT2D eigenvalue weighted by Gasteiger charge is 2.18. The van der Waals surface area contributed by atoms with Crippen molar-refractivity contribution in [1.82, 2.24) is 15.1 Å². The summed E-state index contributed by atoms with van der Waals surface area (Å²) in [4.78, 5) is 14.2. The number of hydrogen-bond donors (Lipinski definition) is 2. The van der Waals surface area contributed by atoms with Crippen LogP contribution in [0, 0.1) is 0 Å². The minimum absolute atomic E-state index is 0.0356. The third-order valence-electron chi connectivity index (χ3n) is 3.43. The smallest absolute Gasteiger partial charge is 0.257 e. The van der Waals surface area contributed by atoms with Crippen LogP contribution in [0.15, 0.2) is 36.5 Å². The van der Waals surface area contributed by atoms with Gasteiger partial charge in [0.2, 0.25) is 0 Å². The number of aromatic nitrogens is 2. The van der Waals surface area contributed by atoms with Crippen molar-refractivity contribution in [2.75, 3.05) is 20.2 Å². The number of aromatic amines is 1. The number of amides is 1. The first kappa shape index (κ1) is 15.3. The van der Waals surface area contributed by atoms with Crippen LogP contribution in [-0.2, 0) is 0 Å². The zero-order valence-corrected chi connectivity index (χ0v) is 12.2. The molecule has 21 heavy (non-hydrogen) atoms. The zero-order valence-electron chi connectivity index (χ0n) is 12.2. The van der Waals surface area contributed by atoms with Gasteiger partial charge in [-0.15, -0.1) is 0 Å². The van der Waals surface area contributed by atoms with Crippen molar-refractivity contribution < 1.29 is 9.90 Å². The quantitative estimate of drug-likeness (QED) is 0.768. The number of H-pyrrole nitrogens is 1. The van der Waals surface area contributed by atoms with E-state index in [1.807, 2.05) is 30.3 Å². The maximum atomic E-state index is 12.5. The van der Waals surface area contributed by atoms with Crippen molar-refractivity contribution in [3.63, 3.8) is 0 Å². The topological polar surface area (TPSA) is 69.2 Å². The summed E-state index contributed by atoms with van der Waals surface area (Å²) in [5, 5.41) is 15.7. The maximum absolute atomic E-state index is 12.5. The average Bonchev–Trinajstić information content (AvgIpc) is 3.01. The fraction of sp³-hybridized carbons (Fsp3) is 0.375. The highest BCUT2D eigenvalue weighted by atomic mass is 16.2. The first-order valence-corrected chi connectivity index (χ1v) is 7.19. The lowest BCUT2D eigenvalue weighted by Crippen LogP contribution is -2.27. The van der Waals surface area contributed by atoms with E-state index in [-0.39, 0.29) is 12.5 Å². The fourth-order valence-corrected chi connectivity index (χ4v) is 2.22. The van der Waals surface area contributed by atoms with Gasteiger partial charge in [-0.3, -0.25) is 9.89 Å². The Morgan fingerprint density at radius 3 is 2.71 bits per heavy atom. The van der Waals surface area contributed by atoms with Gasteiger partial charge in [0.1, 0.15) is 0 Å². The molecule has 0 spiro atoms. The predicted molar refractivity (Wildman–Crippen MR) is 81.9 cm³/mol. The molecule has 0 saturated heterocycles. The highest BCUT2D eigenvalue weighted by Crippen LogP contribution is 2.21. The number of aliphatic hydroxyl groups is 1. The molecular weight excluding hydrogens is 266 g/mol. The SMILES string of the molecule is CN(CCCCCO)C(=O)c1cn[nH]c1-c1ccccc1. The molecule has 0 fully saturated rings. The summed E-state index contributed by atoms with van der Waals surface area (Å²) >= 11 is 0. The molecule has 5 nitrogen and oxygen atoms in total. The van der Waals surface area contributed by atoms with Crippen LogP contribution in [-0.4, -0.2) is 46.3 Å². The summed E-state index contributed by atoms with van der Waals surface area (Å²) in [6, 6.07) is 9.71. The van der Waals surface area contributed by atoms with Gasteiger partial charge < -0.3 is 10.0 Å². The molecule has 2 N–H and O–H groups in total. The fourth-order valence-electron chi connectivity index (χ4n) is 2.22. The van der Waals surface area contributed by atoms with E-state index in [2.05, 4.69) is 10.2 Å². The van der Waals surface area contributed by atoms with Gasteiger partial charge in [-0.1, -0.05) is 30.3 Å². The Balaban J connectivity index is 2.05. The van der Waals surface area contributed by atoms with E-state index in [1.54, 1.807) is 18.1 Å². The molecule has 1 aromatic heterocycles. The lowest BCUT2D eigenvalue weighted by molar-refractivity contribution is 0.0793. The standard InChI is InChI=1S/C16H21N3O2/c1-19(10-6-3-7-11-20)16(21)14-12-17-18-15(14)13-8-4-2-5-9-13/h2,4-5,8-9,12,20H,3,6-7,10-11H2,1H3,(H,17,18). The second-order valence-electron chi connectivity index (χ2n) is 5.04. The number of rotatable bonds is 7. The normalized spacial score (nSPS) is 10.6. The number of nitrogens with one attached hydrogen (secondary N) is 1. The van der Waals surface area contributed by atoms with Gasteiger partial charge in [0, 0.05) is 25.8 Å². The summed E-state index contributed by atoms with van der Waals surface area (Å²) in [7, 11) is 1.79. The van der Waals surface area contributed by atoms with Crippen molar-refractivity contribution >= 4 is 5.91 Å². The van der Waals surface area contributed by atoms with Crippen LogP contribution < -0.4 is 0 Å². The molecule has 0 aliphatic heterocycles.